The first-order valence-electron chi connectivity index (χ1n) is 9.24. The van der Waals surface area contributed by atoms with E-state index in [2.05, 4.69) is 5.32 Å². The second kappa shape index (κ2) is 8.72. The van der Waals surface area contributed by atoms with Gasteiger partial charge in [0, 0.05) is 13.1 Å². The van der Waals surface area contributed by atoms with Gasteiger partial charge in [-0.05, 0) is 48.9 Å². The molecule has 0 saturated carbocycles. The molecule has 4 amide bonds. The first kappa shape index (κ1) is 20.3. The smallest absolute Gasteiger partial charge is 0.332 e. The van der Waals surface area contributed by atoms with Crippen LogP contribution in [0.15, 0.2) is 48.5 Å². The summed E-state index contributed by atoms with van der Waals surface area (Å²) >= 11 is 0. The van der Waals surface area contributed by atoms with Crippen LogP contribution in [0.1, 0.15) is 18.9 Å². The zero-order chi connectivity index (χ0) is 21.0. The molecule has 1 aliphatic rings. The number of benzene rings is 2. The average Bonchev–Trinajstić information content (AvgIpc) is 2.93. The van der Waals surface area contributed by atoms with Gasteiger partial charge in [-0.25, -0.2) is 14.1 Å². The molecule has 0 spiro atoms. The number of halogens is 1. The zero-order valence-electron chi connectivity index (χ0n) is 16.2. The molecule has 0 aliphatic carbocycles. The second-order valence-electron chi connectivity index (χ2n) is 6.58. The Hall–Kier alpha value is -3.42. The highest BCUT2D eigenvalue weighted by atomic mass is 19.1. The Morgan fingerprint density at radius 2 is 1.76 bits per heavy atom. The van der Waals surface area contributed by atoms with E-state index in [1.165, 1.54) is 29.2 Å². The van der Waals surface area contributed by atoms with Gasteiger partial charge >= 0.3 is 6.03 Å². The summed E-state index contributed by atoms with van der Waals surface area (Å²) in [6.07, 6.45) is -0.147. The lowest BCUT2D eigenvalue weighted by atomic mass is 10.1. The second-order valence-corrected chi connectivity index (χ2v) is 6.58. The third-order valence-electron chi connectivity index (χ3n) is 4.67. The normalized spacial score (nSPS) is 16.3. The maximum Gasteiger partial charge on any atom is 0.332 e. The summed E-state index contributed by atoms with van der Waals surface area (Å²) < 4.78 is 18.4. The van der Waals surface area contributed by atoms with Crippen LogP contribution in [0, 0.1) is 5.82 Å². The number of carbonyl (C=O) groups excluding carboxylic acids is 3. The van der Waals surface area contributed by atoms with Gasteiger partial charge < -0.3 is 15.0 Å². The lowest BCUT2D eigenvalue weighted by Crippen LogP contribution is -2.39. The summed E-state index contributed by atoms with van der Waals surface area (Å²) in [4.78, 5) is 40.6. The van der Waals surface area contributed by atoms with Crippen molar-refractivity contribution in [2.24, 2.45) is 0 Å². The molecule has 0 radical (unpaired) electrons. The van der Waals surface area contributed by atoms with E-state index in [0.717, 1.165) is 10.5 Å². The van der Waals surface area contributed by atoms with Crippen LogP contribution >= 0.6 is 0 Å². The summed E-state index contributed by atoms with van der Waals surface area (Å²) in [5.74, 6) is -0.632. The summed E-state index contributed by atoms with van der Waals surface area (Å²) in [5.41, 5.74) is 1.05. The van der Waals surface area contributed by atoms with Crippen LogP contribution in [0.25, 0.3) is 0 Å². The molecule has 1 saturated heterocycles. The summed E-state index contributed by atoms with van der Waals surface area (Å²) in [5, 5.41) is 2.66. The molecule has 1 fully saturated rings. The zero-order valence-corrected chi connectivity index (χ0v) is 16.2. The van der Waals surface area contributed by atoms with Crippen molar-refractivity contribution in [1.29, 1.82) is 0 Å². The number of ether oxygens (including phenoxy) is 1. The number of urea groups is 1. The largest absolute Gasteiger partial charge is 0.497 e. The molecular weight excluding hydrogens is 377 g/mol. The monoisotopic (exact) mass is 399 g/mol. The molecule has 0 aromatic heterocycles. The van der Waals surface area contributed by atoms with E-state index in [1.54, 1.807) is 38.3 Å². The van der Waals surface area contributed by atoms with E-state index >= 15 is 0 Å². The summed E-state index contributed by atoms with van der Waals surface area (Å²) in [6, 6.07) is 10.7. The molecule has 7 nitrogen and oxygen atoms in total. The van der Waals surface area contributed by atoms with Crippen LogP contribution in [-0.2, 0) is 16.1 Å². The summed E-state index contributed by atoms with van der Waals surface area (Å²) in [6.45, 7) is 2.35. The Balaban J connectivity index is 1.90. The predicted molar refractivity (Wildman–Crippen MR) is 105 cm³/mol. The third kappa shape index (κ3) is 4.37. The van der Waals surface area contributed by atoms with E-state index in [9.17, 15) is 18.8 Å². The van der Waals surface area contributed by atoms with Crippen molar-refractivity contribution in [2.45, 2.75) is 25.9 Å². The molecule has 1 N–H and O–H groups in total. The number of amides is 4. The number of hydrogen-bond donors (Lipinski definition) is 1. The number of nitrogens with zero attached hydrogens (tertiary/aromatic N) is 2. The van der Waals surface area contributed by atoms with Gasteiger partial charge in [0.2, 0.25) is 5.91 Å². The standard InChI is InChI=1S/C21H22FN3O4/c1-3-23-19(26)12-18-20(27)25(16-8-6-15(22)7-9-16)21(28)24(18)13-14-4-10-17(29-2)11-5-14/h4-11,18H,3,12-13H2,1-2H3,(H,23,26)/t18-/m0/s1. The maximum absolute atomic E-state index is 13.3. The van der Waals surface area contributed by atoms with Crippen LogP contribution in [0.5, 0.6) is 5.75 Å². The van der Waals surface area contributed by atoms with E-state index in [4.69, 9.17) is 4.74 Å². The van der Waals surface area contributed by atoms with Crippen LogP contribution in [0.4, 0.5) is 14.9 Å². The minimum Gasteiger partial charge on any atom is -0.497 e. The minimum atomic E-state index is -0.943. The molecule has 29 heavy (non-hydrogen) atoms. The molecule has 8 heteroatoms. The van der Waals surface area contributed by atoms with Crippen molar-refractivity contribution in [3.05, 3.63) is 59.9 Å². The Kier molecular flexibility index (Phi) is 6.11. The number of nitrogens with one attached hydrogen (secondary N) is 1. The van der Waals surface area contributed by atoms with Crippen molar-refractivity contribution in [2.75, 3.05) is 18.6 Å². The van der Waals surface area contributed by atoms with Crippen molar-refractivity contribution in [1.82, 2.24) is 10.2 Å². The minimum absolute atomic E-state index is 0.147. The maximum atomic E-state index is 13.3. The van der Waals surface area contributed by atoms with Gasteiger partial charge in [-0.3, -0.25) is 9.59 Å². The lowest BCUT2D eigenvalue weighted by Gasteiger charge is -2.21. The van der Waals surface area contributed by atoms with Crippen LogP contribution in [0.2, 0.25) is 0 Å². The highest BCUT2D eigenvalue weighted by Gasteiger charge is 2.46. The number of hydrogen-bond acceptors (Lipinski definition) is 4. The molecular formula is C21H22FN3O4. The van der Waals surface area contributed by atoms with Gasteiger partial charge in [-0.15, -0.1) is 0 Å². The summed E-state index contributed by atoms with van der Waals surface area (Å²) in [7, 11) is 1.56. The fraction of sp³-hybridized carbons (Fsp3) is 0.286. The van der Waals surface area contributed by atoms with Crippen molar-refractivity contribution < 1.29 is 23.5 Å². The molecule has 2 aromatic rings. The Labute approximate surface area is 168 Å². The van der Waals surface area contributed by atoms with E-state index in [-0.39, 0.29) is 24.6 Å². The number of imide groups is 1. The number of methoxy groups -OCH3 is 1. The molecule has 1 atom stereocenters. The van der Waals surface area contributed by atoms with Gasteiger partial charge in [0.05, 0.1) is 19.2 Å². The number of anilines is 1. The quantitative estimate of drug-likeness (QED) is 0.726. The van der Waals surface area contributed by atoms with E-state index < -0.39 is 23.8 Å². The van der Waals surface area contributed by atoms with E-state index in [0.29, 0.717) is 12.3 Å². The van der Waals surface area contributed by atoms with Gasteiger partial charge in [-0.1, -0.05) is 12.1 Å². The third-order valence-corrected chi connectivity index (χ3v) is 4.67. The molecule has 0 unspecified atom stereocenters. The lowest BCUT2D eigenvalue weighted by molar-refractivity contribution is -0.127. The topological polar surface area (TPSA) is 79.0 Å². The number of rotatable bonds is 7. The highest BCUT2D eigenvalue weighted by molar-refractivity contribution is 6.22. The first-order chi connectivity index (χ1) is 13.9. The van der Waals surface area contributed by atoms with Gasteiger partial charge in [0.1, 0.15) is 17.6 Å². The molecule has 0 bridgehead atoms. The Morgan fingerprint density at radius 1 is 1.10 bits per heavy atom. The first-order valence-corrected chi connectivity index (χ1v) is 9.24. The Morgan fingerprint density at radius 3 is 2.34 bits per heavy atom. The van der Waals surface area contributed by atoms with Gasteiger partial charge in [0.25, 0.3) is 5.91 Å². The molecule has 2 aromatic carbocycles. The highest BCUT2D eigenvalue weighted by Crippen LogP contribution is 2.28. The molecule has 3 rings (SSSR count). The van der Waals surface area contributed by atoms with Crippen LogP contribution < -0.4 is 15.0 Å². The van der Waals surface area contributed by atoms with Crippen molar-refractivity contribution in [3.8, 4) is 5.75 Å². The van der Waals surface area contributed by atoms with Gasteiger partial charge in [-0.2, -0.15) is 0 Å². The van der Waals surface area contributed by atoms with Crippen molar-refractivity contribution >= 4 is 23.5 Å². The molecule has 152 valence electrons. The van der Waals surface area contributed by atoms with Crippen LogP contribution in [0.3, 0.4) is 0 Å². The number of carbonyl (C=O) groups is 3. The predicted octanol–water partition coefficient (Wildman–Crippen LogP) is 2.70. The molecule has 1 heterocycles. The van der Waals surface area contributed by atoms with Crippen LogP contribution in [-0.4, -0.2) is 42.4 Å². The Bertz CT molecular complexity index is 899. The SMILES string of the molecule is CCNC(=O)C[C@H]1C(=O)N(c2ccc(F)cc2)C(=O)N1Cc1ccc(OC)cc1. The average molecular weight is 399 g/mol. The fourth-order valence-corrected chi connectivity index (χ4v) is 3.21. The van der Waals surface area contributed by atoms with Gasteiger partial charge in [0.15, 0.2) is 0 Å². The van der Waals surface area contributed by atoms with Crippen molar-refractivity contribution in [3.63, 3.8) is 0 Å². The fourth-order valence-electron chi connectivity index (χ4n) is 3.21. The van der Waals surface area contributed by atoms with E-state index in [1.807, 2.05) is 0 Å². The molecule has 1 aliphatic heterocycles.